The molecule has 0 spiro atoms. The van der Waals surface area contributed by atoms with E-state index in [1.54, 1.807) is 30.3 Å². The van der Waals surface area contributed by atoms with Crippen LogP contribution >= 0.6 is 0 Å². The third-order valence-corrected chi connectivity index (χ3v) is 7.41. The van der Waals surface area contributed by atoms with Gasteiger partial charge in [-0.15, -0.1) is 0 Å². The van der Waals surface area contributed by atoms with Crippen molar-refractivity contribution in [2.24, 2.45) is 5.73 Å². The van der Waals surface area contributed by atoms with Gasteiger partial charge < -0.3 is 15.2 Å². The van der Waals surface area contributed by atoms with Gasteiger partial charge in [-0.1, -0.05) is 30.3 Å². The van der Waals surface area contributed by atoms with Crippen LogP contribution in [0.15, 0.2) is 77.3 Å². The number of hydrogen-bond donors (Lipinski definition) is 1. The third kappa shape index (κ3) is 4.76. The molecule has 2 aliphatic rings. The highest BCUT2D eigenvalue weighted by molar-refractivity contribution is 6.06. The Morgan fingerprint density at radius 2 is 1.60 bits per heavy atom. The SMILES string of the molecule is COC(=O)C1=C(C(=O)OC)N(c2ccc(-n3nc(C(F)(F)F)c4c3CCCC4)cc2)C(N)=C(C#N)C1c1ccccc1. The van der Waals surface area contributed by atoms with Gasteiger partial charge in [0.25, 0.3) is 0 Å². The molecule has 9 nitrogen and oxygen atoms in total. The highest BCUT2D eigenvalue weighted by atomic mass is 19.4. The average Bonchev–Trinajstić information content (AvgIpc) is 3.41. The summed E-state index contributed by atoms with van der Waals surface area (Å²) in [6, 6.07) is 16.8. The van der Waals surface area contributed by atoms with Crippen LogP contribution in [0.2, 0.25) is 0 Å². The molecule has 1 aliphatic carbocycles. The Morgan fingerprint density at radius 3 is 2.19 bits per heavy atom. The quantitative estimate of drug-likeness (QED) is 0.434. The molecule has 1 aliphatic heterocycles. The number of hydrogen-bond acceptors (Lipinski definition) is 8. The molecule has 2 aromatic carbocycles. The van der Waals surface area contributed by atoms with Crippen molar-refractivity contribution in [1.82, 2.24) is 9.78 Å². The molecule has 0 amide bonds. The number of methoxy groups -OCH3 is 2. The fraction of sp³-hybridized carbons (Fsp3) is 0.267. The highest BCUT2D eigenvalue weighted by Gasteiger charge is 2.43. The molecule has 42 heavy (non-hydrogen) atoms. The summed E-state index contributed by atoms with van der Waals surface area (Å²) >= 11 is 0. The maximum atomic E-state index is 13.7. The second-order valence-corrected chi connectivity index (χ2v) is 9.74. The van der Waals surface area contributed by atoms with E-state index in [2.05, 4.69) is 11.2 Å². The van der Waals surface area contributed by atoms with Gasteiger partial charge in [0.15, 0.2) is 5.69 Å². The zero-order valence-corrected chi connectivity index (χ0v) is 22.7. The number of fused-ring (bicyclic) bond motifs is 1. The maximum Gasteiger partial charge on any atom is 0.435 e. The average molecular weight is 578 g/mol. The number of halogens is 3. The molecule has 0 saturated carbocycles. The van der Waals surface area contributed by atoms with E-state index in [-0.39, 0.29) is 33.9 Å². The van der Waals surface area contributed by atoms with E-state index < -0.39 is 29.7 Å². The van der Waals surface area contributed by atoms with Crippen molar-refractivity contribution in [2.45, 2.75) is 37.8 Å². The molecule has 0 fully saturated rings. The minimum absolute atomic E-state index is 0.00528. The van der Waals surface area contributed by atoms with Gasteiger partial charge in [-0.3, -0.25) is 4.90 Å². The predicted octanol–water partition coefficient (Wildman–Crippen LogP) is 4.67. The molecule has 1 aromatic heterocycles. The summed E-state index contributed by atoms with van der Waals surface area (Å²) < 4.78 is 52.6. The van der Waals surface area contributed by atoms with E-state index in [0.29, 0.717) is 36.2 Å². The molecule has 2 heterocycles. The lowest BCUT2D eigenvalue weighted by molar-refractivity contribution is -0.142. The third-order valence-electron chi connectivity index (χ3n) is 7.41. The van der Waals surface area contributed by atoms with Crippen LogP contribution in [0.5, 0.6) is 0 Å². The Kier molecular flexibility index (Phi) is 7.51. The van der Waals surface area contributed by atoms with Gasteiger partial charge in [0.2, 0.25) is 0 Å². The van der Waals surface area contributed by atoms with Crippen molar-refractivity contribution in [3.63, 3.8) is 0 Å². The summed E-state index contributed by atoms with van der Waals surface area (Å²) in [5, 5.41) is 14.1. The molecule has 0 radical (unpaired) electrons. The number of carbonyl (C=O) groups excluding carboxylic acids is 2. The minimum Gasteiger partial charge on any atom is -0.466 e. The largest absolute Gasteiger partial charge is 0.466 e. The Balaban J connectivity index is 1.67. The fourth-order valence-electron chi connectivity index (χ4n) is 5.56. The zero-order chi connectivity index (χ0) is 30.2. The number of ether oxygens (including phenoxy) is 2. The van der Waals surface area contributed by atoms with E-state index in [4.69, 9.17) is 15.2 Å². The summed E-state index contributed by atoms with van der Waals surface area (Å²) in [5.41, 5.74) is 7.07. The van der Waals surface area contributed by atoms with Gasteiger partial charge in [-0.25, -0.2) is 14.3 Å². The lowest BCUT2D eigenvalue weighted by Crippen LogP contribution is -2.40. The van der Waals surface area contributed by atoms with E-state index >= 15 is 0 Å². The van der Waals surface area contributed by atoms with Crippen LogP contribution < -0.4 is 10.6 Å². The summed E-state index contributed by atoms with van der Waals surface area (Å²) in [7, 11) is 2.29. The van der Waals surface area contributed by atoms with Gasteiger partial charge in [0.1, 0.15) is 11.5 Å². The number of carbonyl (C=O) groups is 2. The van der Waals surface area contributed by atoms with Crippen molar-refractivity contribution >= 4 is 17.6 Å². The number of rotatable bonds is 5. The molecule has 3 aromatic rings. The molecule has 1 unspecified atom stereocenters. The Labute approximate surface area is 239 Å². The summed E-state index contributed by atoms with van der Waals surface area (Å²) in [6.07, 6.45) is -2.45. The second-order valence-electron chi connectivity index (χ2n) is 9.74. The van der Waals surface area contributed by atoms with Gasteiger partial charge in [-0.2, -0.15) is 23.5 Å². The van der Waals surface area contributed by atoms with Crippen LogP contribution in [-0.2, 0) is 38.1 Å². The molecule has 12 heteroatoms. The molecule has 216 valence electrons. The van der Waals surface area contributed by atoms with Gasteiger partial charge in [-0.05, 0) is 55.5 Å². The molecule has 0 saturated heterocycles. The van der Waals surface area contributed by atoms with Crippen molar-refractivity contribution < 1.29 is 32.2 Å². The molecular weight excluding hydrogens is 551 g/mol. The Bertz CT molecular complexity index is 1650. The number of allylic oxidation sites excluding steroid dienone is 1. The number of anilines is 1. The van der Waals surface area contributed by atoms with E-state index in [9.17, 15) is 28.0 Å². The van der Waals surface area contributed by atoms with Crippen molar-refractivity contribution in [2.75, 3.05) is 19.1 Å². The number of aromatic nitrogens is 2. The summed E-state index contributed by atoms with van der Waals surface area (Å²) in [6.45, 7) is 0. The molecule has 0 bridgehead atoms. The molecule has 5 rings (SSSR count). The van der Waals surface area contributed by atoms with Crippen LogP contribution in [-0.4, -0.2) is 35.9 Å². The molecule has 2 N–H and O–H groups in total. The van der Waals surface area contributed by atoms with Gasteiger partial charge in [0, 0.05) is 16.9 Å². The lowest BCUT2D eigenvalue weighted by Gasteiger charge is -2.35. The summed E-state index contributed by atoms with van der Waals surface area (Å²) in [5.74, 6) is -2.92. The van der Waals surface area contributed by atoms with Gasteiger partial charge >= 0.3 is 18.1 Å². The van der Waals surface area contributed by atoms with Crippen molar-refractivity contribution in [1.29, 1.82) is 5.26 Å². The number of alkyl halides is 3. The Morgan fingerprint density at radius 1 is 0.976 bits per heavy atom. The Hall–Kier alpha value is -5.05. The first-order valence-corrected chi connectivity index (χ1v) is 13.1. The number of benzene rings is 2. The number of esters is 2. The van der Waals surface area contributed by atoms with Crippen LogP contribution in [0.4, 0.5) is 18.9 Å². The van der Waals surface area contributed by atoms with Gasteiger partial charge in [0.05, 0.1) is 43.0 Å². The van der Waals surface area contributed by atoms with E-state index in [0.717, 1.165) is 20.6 Å². The van der Waals surface area contributed by atoms with E-state index in [1.807, 2.05) is 0 Å². The smallest absolute Gasteiger partial charge is 0.435 e. The molecular formula is C30H26F3N5O4. The standard InChI is InChI=1S/C30H26F3N5O4/c1-41-28(39)24-23(17-8-4-3-5-9-17)21(16-34)27(35)37(25(24)29(40)42-2)18-12-14-19(15-13-18)38-22-11-7-6-10-20(22)26(36-38)30(31,32)33/h3-5,8-9,12-15,23H,6-7,10-11,35H2,1-2H3. The number of nitrogens with zero attached hydrogens (tertiary/aromatic N) is 4. The summed E-state index contributed by atoms with van der Waals surface area (Å²) in [4.78, 5) is 27.6. The second kappa shape index (κ2) is 11.1. The zero-order valence-electron chi connectivity index (χ0n) is 22.7. The maximum absolute atomic E-state index is 13.7. The topological polar surface area (TPSA) is 123 Å². The lowest BCUT2D eigenvalue weighted by atomic mass is 9.81. The normalized spacial score (nSPS) is 17.0. The van der Waals surface area contributed by atoms with Crippen LogP contribution in [0.1, 0.15) is 41.3 Å². The van der Waals surface area contributed by atoms with Crippen molar-refractivity contribution in [3.05, 3.63) is 99.8 Å². The first-order chi connectivity index (χ1) is 20.1. The fourth-order valence-corrected chi connectivity index (χ4v) is 5.56. The van der Waals surface area contributed by atoms with Crippen LogP contribution in [0.25, 0.3) is 5.69 Å². The number of nitrogens with two attached hydrogens (primary N) is 1. The monoisotopic (exact) mass is 577 g/mol. The molecule has 1 atom stereocenters. The number of nitriles is 1. The van der Waals surface area contributed by atoms with Crippen LogP contribution in [0, 0.1) is 11.3 Å². The predicted molar refractivity (Wildman–Crippen MR) is 145 cm³/mol. The minimum atomic E-state index is -4.59. The van der Waals surface area contributed by atoms with E-state index in [1.165, 1.54) is 33.8 Å². The van der Waals surface area contributed by atoms with Crippen LogP contribution in [0.3, 0.4) is 0 Å². The first kappa shape index (κ1) is 28.5. The first-order valence-electron chi connectivity index (χ1n) is 13.1. The van der Waals surface area contributed by atoms with Crippen molar-refractivity contribution in [3.8, 4) is 11.8 Å². The highest BCUT2D eigenvalue weighted by Crippen LogP contribution is 2.43.